The van der Waals surface area contributed by atoms with Gasteiger partial charge >= 0.3 is 8.25 Å². The van der Waals surface area contributed by atoms with Crippen molar-refractivity contribution in [1.82, 2.24) is 5.32 Å². The van der Waals surface area contributed by atoms with E-state index in [0.717, 1.165) is 47.5 Å². The molecule has 0 fully saturated rings. The van der Waals surface area contributed by atoms with E-state index in [0.29, 0.717) is 19.5 Å². The highest BCUT2D eigenvalue weighted by Gasteiger charge is 2.08. The maximum absolute atomic E-state index is 10.6. The molecule has 0 saturated carbocycles. The Bertz CT molecular complexity index is 1010. The van der Waals surface area contributed by atoms with Gasteiger partial charge < -0.3 is 29.2 Å². The van der Waals surface area contributed by atoms with Gasteiger partial charge in [0, 0.05) is 29.9 Å². The molecule has 1 unspecified atom stereocenters. The lowest BCUT2D eigenvalue weighted by atomic mass is 10.0. The van der Waals surface area contributed by atoms with Crippen LogP contribution in [-0.2, 0) is 22.1 Å². The van der Waals surface area contributed by atoms with Crippen molar-refractivity contribution in [2.24, 2.45) is 0 Å². The monoisotopic (exact) mass is 486 g/mol. The molecule has 3 aromatic rings. The molecule has 0 aliphatic heterocycles. The summed E-state index contributed by atoms with van der Waals surface area (Å²) < 4.78 is 26.3. The van der Waals surface area contributed by atoms with Crippen LogP contribution in [-0.4, -0.2) is 30.7 Å². The van der Waals surface area contributed by atoms with Crippen LogP contribution in [0.4, 0.5) is 5.69 Å². The third kappa shape index (κ3) is 8.99. The van der Waals surface area contributed by atoms with Crippen molar-refractivity contribution in [1.29, 1.82) is 0 Å². The summed E-state index contributed by atoms with van der Waals surface area (Å²) in [6, 6.07) is 16.7. The van der Waals surface area contributed by atoms with Gasteiger partial charge in [-0.25, -0.2) is 0 Å². The van der Waals surface area contributed by atoms with E-state index in [2.05, 4.69) is 41.0 Å². The standard InChI is InChI=1S/C26H35N2O5P/c1-20(2)33-24-9-6-21(7-10-24)5-3-14-28-26-11-8-22(17-25(26)23-12-16-31-19-23)18-27-13-4-15-32-34(29)30/h6-12,16-17,19-20,27-28,34H,3-5,13-15,18H2,1-2H3,(H,29,30). The topological polar surface area (TPSA) is 93.0 Å². The number of nitrogens with one attached hydrogen (secondary N) is 2. The second kappa shape index (κ2) is 14.0. The Morgan fingerprint density at radius 1 is 1.03 bits per heavy atom. The molecule has 1 aromatic heterocycles. The zero-order valence-electron chi connectivity index (χ0n) is 19.9. The third-order valence-corrected chi connectivity index (χ3v) is 5.67. The first-order chi connectivity index (χ1) is 16.5. The zero-order valence-corrected chi connectivity index (χ0v) is 20.9. The molecular weight excluding hydrogens is 451 g/mol. The summed E-state index contributed by atoms with van der Waals surface area (Å²) in [5.74, 6) is 0.909. The molecule has 0 radical (unpaired) electrons. The Balaban J connectivity index is 1.50. The summed E-state index contributed by atoms with van der Waals surface area (Å²) in [4.78, 5) is 8.69. The molecule has 184 valence electrons. The molecule has 0 bridgehead atoms. The zero-order chi connectivity index (χ0) is 24.2. The number of anilines is 1. The average Bonchev–Trinajstić information content (AvgIpc) is 3.35. The van der Waals surface area contributed by atoms with E-state index < -0.39 is 8.25 Å². The second-order valence-corrected chi connectivity index (χ2v) is 9.20. The molecular formula is C26H35N2O5P. The predicted octanol–water partition coefficient (Wildman–Crippen LogP) is 5.66. The highest BCUT2D eigenvalue weighted by molar-refractivity contribution is 7.32. The minimum atomic E-state index is -2.84. The maximum Gasteiger partial charge on any atom is 0.316 e. The maximum atomic E-state index is 10.6. The quantitative estimate of drug-likeness (QED) is 0.189. The molecule has 3 N–H and O–H groups in total. The molecule has 0 aliphatic rings. The molecule has 0 aliphatic carbocycles. The summed E-state index contributed by atoms with van der Waals surface area (Å²) >= 11 is 0. The SMILES string of the molecule is CC(C)Oc1ccc(CCCNc2ccc(CNCCCO[PH](=O)O)cc2-c2ccoc2)cc1. The Morgan fingerprint density at radius 2 is 1.82 bits per heavy atom. The summed E-state index contributed by atoms with van der Waals surface area (Å²) in [5.41, 5.74) is 5.66. The summed E-state index contributed by atoms with van der Waals surface area (Å²) in [5, 5.41) is 6.92. The Morgan fingerprint density at radius 3 is 2.53 bits per heavy atom. The lowest BCUT2D eigenvalue weighted by molar-refractivity contribution is 0.242. The van der Waals surface area contributed by atoms with Gasteiger partial charge in [0.2, 0.25) is 0 Å². The molecule has 3 rings (SSSR count). The lowest BCUT2D eigenvalue weighted by Gasteiger charge is -2.14. The molecule has 34 heavy (non-hydrogen) atoms. The van der Waals surface area contributed by atoms with Gasteiger partial charge in [-0.1, -0.05) is 18.2 Å². The van der Waals surface area contributed by atoms with Crippen molar-refractivity contribution in [2.75, 3.05) is 25.0 Å². The largest absolute Gasteiger partial charge is 0.491 e. The highest BCUT2D eigenvalue weighted by Crippen LogP contribution is 2.30. The minimum Gasteiger partial charge on any atom is -0.491 e. The summed E-state index contributed by atoms with van der Waals surface area (Å²) in [7, 11) is -2.84. The van der Waals surface area contributed by atoms with Crippen molar-refractivity contribution in [3.05, 3.63) is 72.2 Å². The first kappa shape index (κ1) is 26.0. The van der Waals surface area contributed by atoms with Gasteiger partial charge in [-0.3, -0.25) is 4.57 Å². The normalized spacial score (nSPS) is 12.1. The van der Waals surface area contributed by atoms with Crippen LogP contribution >= 0.6 is 8.25 Å². The molecule has 1 heterocycles. The number of aryl methyl sites for hydroxylation is 1. The van der Waals surface area contributed by atoms with E-state index in [1.165, 1.54) is 5.56 Å². The smallest absolute Gasteiger partial charge is 0.316 e. The van der Waals surface area contributed by atoms with E-state index in [1.807, 2.05) is 32.0 Å². The van der Waals surface area contributed by atoms with E-state index in [-0.39, 0.29) is 12.7 Å². The Kier molecular flexibility index (Phi) is 10.7. The van der Waals surface area contributed by atoms with E-state index in [4.69, 9.17) is 18.6 Å². The predicted molar refractivity (Wildman–Crippen MR) is 137 cm³/mol. The molecule has 1 atom stereocenters. The second-order valence-electron chi connectivity index (χ2n) is 8.38. The van der Waals surface area contributed by atoms with Crippen molar-refractivity contribution in [3.8, 4) is 16.9 Å². The van der Waals surface area contributed by atoms with Gasteiger partial charge in [-0.15, -0.1) is 0 Å². The Labute approximate surface area is 202 Å². The van der Waals surface area contributed by atoms with Crippen molar-refractivity contribution < 1.29 is 23.1 Å². The van der Waals surface area contributed by atoms with Gasteiger partial charge in [0.1, 0.15) is 5.75 Å². The molecule has 0 amide bonds. The van der Waals surface area contributed by atoms with Crippen LogP contribution in [0.25, 0.3) is 11.1 Å². The van der Waals surface area contributed by atoms with Gasteiger partial charge in [-0.05, 0) is 81.1 Å². The number of benzene rings is 2. The van der Waals surface area contributed by atoms with Crippen LogP contribution in [0.5, 0.6) is 5.75 Å². The summed E-state index contributed by atoms with van der Waals surface area (Å²) in [6.07, 6.45) is 6.31. The van der Waals surface area contributed by atoms with Crippen molar-refractivity contribution in [2.45, 2.75) is 45.8 Å². The fourth-order valence-electron chi connectivity index (χ4n) is 3.62. The van der Waals surface area contributed by atoms with Gasteiger partial charge in [-0.2, -0.15) is 0 Å². The van der Waals surface area contributed by atoms with Crippen molar-refractivity contribution >= 4 is 13.9 Å². The minimum absolute atomic E-state index is 0.182. The van der Waals surface area contributed by atoms with Crippen LogP contribution in [0, 0.1) is 0 Å². The first-order valence-corrected chi connectivity index (χ1v) is 13.0. The number of ether oxygens (including phenoxy) is 1. The Hall–Kier alpha value is -2.57. The molecule has 7 nitrogen and oxygen atoms in total. The highest BCUT2D eigenvalue weighted by atomic mass is 31.1. The lowest BCUT2D eigenvalue weighted by Crippen LogP contribution is -2.16. The van der Waals surface area contributed by atoms with Crippen LogP contribution in [0.15, 0.2) is 65.5 Å². The number of rotatable bonds is 15. The number of hydrogen-bond acceptors (Lipinski definition) is 6. The first-order valence-electron chi connectivity index (χ1n) is 11.7. The fourth-order valence-corrected chi connectivity index (χ4v) is 3.94. The summed E-state index contributed by atoms with van der Waals surface area (Å²) in [6.45, 7) is 6.61. The van der Waals surface area contributed by atoms with Gasteiger partial charge in [0.25, 0.3) is 0 Å². The van der Waals surface area contributed by atoms with Crippen molar-refractivity contribution in [3.63, 3.8) is 0 Å². The molecule has 0 spiro atoms. The van der Waals surface area contributed by atoms with Crippen LogP contribution < -0.4 is 15.4 Å². The van der Waals surface area contributed by atoms with Gasteiger partial charge in [0.05, 0.1) is 25.2 Å². The van der Waals surface area contributed by atoms with E-state index in [9.17, 15) is 4.57 Å². The molecule has 2 aromatic carbocycles. The average molecular weight is 487 g/mol. The van der Waals surface area contributed by atoms with Gasteiger partial charge in [0.15, 0.2) is 0 Å². The third-order valence-electron chi connectivity index (χ3n) is 5.22. The van der Waals surface area contributed by atoms with E-state index >= 15 is 0 Å². The van der Waals surface area contributed by atoms with E-state index in [1.54, 1.807) is 12.5 Å². The van der Waals surface area contributed by atoms with Crippen LogP contribution in [0.3, 0.4) is 0 Å². The number of furan rings is 1. The molecule has 0 saturated heterocycles. The number of hydrogen-bond donors (Lipinski definition) is 3. The molecule has 8 heteroatoms. The van der Waals surface area contributed by atoms with Crippen LogP contribution in [0.2, 0.25) is 0 Å². The van der Waals surface area contributed by atoms with Crippen LogP contribution in [0.1, 0.15) is 37.8 Å². The fraction of sp³-hybridized carbons (Fsp3) is 0.385.